The Morgan fingerprint density at radius 2 is 2.00 bits per heavy atom. The summed E-state index contributed by atoms with van der Waals surface area (Å²) >= 11 is 3.66. The van der Waals surface area contributed by atoms with Crippen LogP contribution in [-0.4, -0.2) is 25.2 Å². The van der Waals surface area contributed by atoms with Crippen LogP contribution in [0.25, 0.3) is 0 Å². The van der Waals surface area contributed by atoms with E-state index in [1.165, 1.54) is 37.8 Å². The van der Waals surface area contributed by atoms with Gasteiger partial charge in [0.15, 0.2) is 0 Å². The first kappa shape index (κ1) is 13.9. The smallest absolute Gasteiger partial charge is 0.0992 e. The van der Waals surface area contributed by atoms with E-state index in [9.17, 15) is 0 Å². The van der Waals surface area contributed by atoms with Crippen LogP contribution >= 0.6 is 15.9 Å². The molecule has 2 heterocycles. The molecule has 1 aromatic rings. The Morgan fingerprint density at radius 1 is 1.30 bits per heavy atom. The molecule has 106 valence electrons. The van der Waals surface area contributed by atoms with Crippen molar-refractivity contribution in [1.29, 1.82) is 5.26 Å². The zero-order valence-corrected chi connectivity index (χ0v) is 13.4. The van der Waals surface area contributed by atoms with Crippen molar-refractivity contribution < 1.29 is 0 Å². The molecule has 0 aromatic heterocycles. The number of piperidine rings is 2. The van der Waals surface area contributed by atoms with Crippen molar-refractivity contribution in [3.8, 4) is 6.07 Å². The lowest BCUT2D eigenvalue weighted by Gasteiger charge is -2.50. The highest BCUT2D eigenvalue weighted by Crippen LogP contribution is 2.40. The first-order valence-electron chi connectivity index (χ1n) is 7.38. The highest BCUT2D eigenvalue weighted by atomic mass is 79.9. The number of nitrogens with zero attached hydrogens (tertiary/aromatic N) is 2. The average Bonchev–Trinajstić information content (AvgIpc) is 2.46. The lowest BCUT2D eigenvalue weighted by Crippen LogP contribution is -2.56. The number of hydrogen-bond acceptors (Lipinski definition) is 3. The van der Waals surface area contributed by atoms with E-state index in [-0.39, 0.29) is 0 Å². The number of anilines is 1. The van der Waals surface area contributed by atoms with Crippen molar-refractivity contribution in [3.63, 3.8) is 0 Å². The summed E-state index contributed by atoms with van der Waals surface area (Å²) in [5.41, 5.74) is 1.98. The average molecular weight is 334 g/mol. The molecule has 0 radical (unpaired) electrons. The highest BCUT2D eigenvalue weighted by molar-refractivity contribution is 9.10. The van der Waals surface area contributed by atoms with Gasteiger partial charge in [0.1, 0.15) is 0 Å². The number of benzene rings is 1. The second-order valence-electron chi connectivity index (χ2n) is 5.88. The SMILES string of the molecule is CNC1CC2CCCC(C1)N2c1ccc(C#N)cc1Br. The third-order valence-electron chi connectivity index (χ3n) is 4.74. The maximum atomic E-state index is 9.00. The Bertz CT molecular complexity index is 523. The summed E-state index contributed by atoms with van der Waals surface area (Å²) in [4.78, 5) is 2.60. The minimum Gasteiger partial charge on any atom is -0.365 e. The van der Waals surface area contributed by atoms with Crippen LogP contribution in [0.2, 0.25) is 0 Å². The molecule has 2 unspecified atom stereocenters. The number of rotatable bonds is 2. The maximum Gasteiger partial charge on any atom is 0.0992 e. The Labute approximate surface area is 129 Å². The second-order valence-corrected chi connectivity index (χ2v) is 6.74. The Kier molecular flexibility index (Phi) is 4.00. The van der Waals surface area contributed by atoms with Crippen LogP contribution in [-0.2, 0) is 0 Å². The molecule has 2 fully saturated rings. The summed E-state index contributed by atoms with van der Waals surface area (Å²) in [6, 6.07) is 10.1. The minimum atomic E-state index is 0.629. The van der Waals surface area contributed by atoms with Crippen LogP contribution in [0.5, 0.6) is 0 Å². The summed E-state index contributed by atoms with van der Waals surface area (Å²) in [5, 5.41) is 12.5. The van der Waals surface area contributed by atoms with Gasteiger partial charge in [-0.3, -0.25) is 0 Å². The number of fused-ring (bicyclic) bond motifs is 2. The number of nitrogens with one attached hydrogen (secondary N) is 1. The zero-order valence-electron chi connectivity index (χ0n) is 11.8. The molecule has 0 spiro atoms. The minimum absolute atomic E-state index is 0.629. The third-order valence-corrected chi connectivity index (χ3v) is 5.37. The number of halogens is 1. The molecule has 0 amide bonds. The van der Waals surface area contributed by atoms with E-state index in [2.05, 4.69) is 45.3 Å². The molecule has 4 heteroatoms. The summed E-state index contributed by atoms with van der Waals surface area (Å²) in [7, 11) is 2.08. The topological polar surface area (TPSA) is 39.1 Å². The molecule has 0 saturated carbocycles. The molecule has 2 saturated heterocycles. The second kappa shape index (κ2) is 5.75. The molecule has 2 atom stereocenters. The summed E-state index contributed by atoms with van der Waals surface area (Å²) in [6.45, 7) is 0. The molecule has 2 aliphatic heterocycles. The fourth-order valence-electron chi connectivity index (χ4n) is 3.80. The maximum absolute atomic E-state index is 9.00. The fraction of sp³-hybridized carbons (Fsp3) is 0.562. The Balaban J connectivity index is 1.92. The number of hydrogen-bond donors (Lipinski definition) is 1. The van der Waals surface area contributed by atoms with Crippen molar-refractivity contribution in [2.75, 3.05) is 11.9 Å². The summed E-state index contributed by atoms with van der Waals surface area (Å²) in [6.07, 6.45) is 6.34. The van der Waals surface area contributed by atoms with Gasteiger partial charge in [-0.15, -0.1) is 0 Å². The monoisotopic (exact) mass is 333 g/mol. The third kappa shape index (κ3) is 2.45. The Morgan fingerprint density at radius 3 is 2.55 bits per heavy atom. The molecule has 20 heavy (non-hydrogen) atoms. The van der Waals surface area contributed by atoms with Crippen LogP contribution in [0.4, 0.5) is 5.69 Å². The van der Waals surface area contributed by atoms with Crippen LogP contribution in [0.15, 0.2) is 22.7 Å². The lowest BCUT2D eigenvalue weighted by molar-refractivity contribution is 0.252. The summed E-state index contributed by atoms with van der Waals surface area (Å²) < 4.78 is 1.05. The number of nitriles is 1. The molecule has 3 rings (SSSR count). The van der Waals surface area contributed by atoms with Gasteiger partial charge in [0.25, 0.3) is 0 Å². The normalized spacial score (nSPS) is 29.1. The van der Waals surface area contributed by atoms with E-state index in [1.807, 2.05) is 12.1 Å². The Hall–Kier alpha value is -1.05. The standard InChI is InChI=1S/C16H20BrN3/c1-19-12-8-13-3-2-4-14(9-12)20(13)16-6-5-11(10-18)7-15(16)17/h5-7,12-14,19H,2-4,8-9H2,1H3. The zero-order chi connectivity index (χ0) is 14.1. The van der Waals surface area contributed by atoms with Gasteiger partial charge in [-0.05, 0) is 73.3 Å². The first-order valence-corrected chi connectivity index (χ1v) is 8.17. The van der Waals surface area contributed by atoms with Crippen LogP contribution in [0, 0.1) is 11.3 Å². The van der Waals surface area contributed by atoms with Gasteiger partial charge >= 0.3 is 0 Å². The van der Waals surface area contributed by atoms with Crippen LogP contribution in [0.1, 0.15) is 37.7 Å². The van der Waals surface area contributed by atoms with E-state index in [4.69, 9.17) is 5.26 Å². The molecule has 1 aromatic carbocycles. The fourth-order valence-corrected chi connectivity index (χ4v) is 4.38. The molecule has 3 nitrogen and oxygen atoms in total. The van der Waals surface area contributed by atoms with Crippen molar-refractivity contribution in [2.45, 2.75) is 50.2 Å². The molecule has 2 bridgehead atoms. The van der Waals surface area contributed by atoms with Gasteiger partial charge in [0.2, 0.25) is 0 Å². The van der Waals surface area contributed by atoms with Gasteiger partial charge < -0.3 is 10.2 Å². The van der Waals surface area contributed by atoms with Gasteiger partial charge in [-0.1, -0.05) is 0 Å². The predicted molar refractivity (Wildman–Crippen MR) is 84.8 cm³/mol. The lowest BCUT2D eigenvalue weighted by atomic mass is 9.81. The highest BCUT2D eigenvalue weighted by Gasteiger charge is 2.38. The van der Waals surface area contributed by atoms with Gasteiger partial charge in [-0.25, -0.2) is 0 Å². The molecule has 2 aliphatic rings. The van der Waals surface area contributed by atoms with Crippen molar-refractivity contribution in [2.24, 2.45) is 0 Å². The van der Waals surface area contributed by atoms with Gasteiger partial charge in [0.05, 0.1) is 17.3 Å². The molecular weight excluding hydrogens is 314 g/mol. The van der Waals surface area contributed by atoms with Crippen molar-refractivity contribution in [1.82, 2.24) is 5.32 Å². The predicted octanol–water partition coefficient (Wildman–Crippen LogP) is 3.43. The van der Waals surface area contributed by atoms with Crippen LogP contribution in [0.3, 0.4) is 0 Å². The molecule has 0 aliphatic carbocycles. The van der Waals surface area contributed by atoms with Gasteiger partial charge in [-0.2, -0.15) is 5.26 Å². The summed E-state index contributed by atoms with van der Waals surface area (Å²) in [5.74, 6) is 0. The first-order chi connectivity index (χ1) is 9.72. The van der Waals surface area contributed by atoms with Crippen molar-refractivity contribution >= 4 is 21.6 Å². The quantitative estimate of drug-likeness (QED) is 0.901. The van der Waals surface area contributed by atoms with Crippen LogP contribution < -0.4 is 10.2 Å². The largest absolute Gasteiger partial charge is 0.365 e. The van der Waals surface area contributed by atoms with E-state index < -0.39 is 0 Å². The molecule has 1 N–H and O–H groups in total. The van der Waals surface area contributed by atoms with E-state index in [0.717, 1.165) is 10.0 Å². The van der Waals surface area contributed by atoms with E-state index >= 15 is 0 Å². The van der Waals surface area contributed by atoms with Gasteiger partial charge in [0, 0.05) is 22.6 Å². The van der Waals surface area contributed by atoms with E-state index in [0.29, 0.717) is 18.1 Å². The molecular formula is C16H20BrN3. The van der Waals surface area contributed by atoms with E-state index in [1.54, 1.807) is 0 Å². The van der Waals surface area contributed by atoms with Crippen molar-refractivity contribution in [3.05, 3.63) is 28.2 Å².